The second-order valence-corrected chi connectivity index (χ2v) is 3.98. The lowest BCUT2D eigenvalue weighted by Gasteiger charge is -2.12. The highest BCUT2D eigenvalue weighted by Crippen LogP contribution is 2.35. The summed E-state index contributed by atoms with van der Waals surface area (Å²) in [6.07, 6.45) is 0. The number of rotatable bonds is 5. The minimum atomic E-state index is -0.824. The van der Waals surface area contributed by atoms with Crippen molar-refractivity contribution < 1.29 is 19.1 Å². The fourth-order valence-electron chi connectivity index (χ4n) is 1.30. The van der Waals surface area contributed by atoms with E-state index in [0.717, 1.165) is 6.92 Å². The number of nitrogens with one attached hydrogen (secondary N) is 2. The molecule has 102 valence electrons. The first-order valence-corrected chi connectivity index (χ1v) is 5.60. The Labute approximate surface area is 115 Å². The topological polar surface area (TPSA) is 88.5 Å². The highest BCUT2D eigenvalue weighted by Gasteiger charge is 2.17. The number of methoxy groups -OCH3 is 2. The molecule has 0 fully saturated rings. The SMILES string of the molecule is COc1cc(NC(=O)C(=N)C(C)=O)c(OC)cc1Cl. The fourth-order valence-corrected chi connectivity index (χ4v) is 1.53. The average Bonchev–Trinajstić information content (AvgIpc) is 2.38. The molecular weight excluding hydrogens is 272 g/mol. The van der Waals surface area contributed by atoms with Crippen LogP contribution in [-0.4, -0.2) is 31.6 Å². The number of Topliss-reactive ketones (excluding diaryl/α,β-unsaturated/α-hetero) is 1. The molecule has 0 aliphatic carbocycles. The van der Waals surface area contributed by atoms with E-state index in [0.29, 0.717) is 16.5 Å². The summed E-state index contributed by atoms with van der Waals surface area (Å²) in [6.45, 7) is 1.14. The van der Waals surface area contributed by atoms with Gasteiger partial charge in [-0.2, -0.15) is 0 Å². The second kappa shape index (κ2) is 6.19. The van der Waals surface area contributed by atoms with E-state index in [4.69, 9.17) is 26.5 Å². The van der Waals surface area contributed by atoms with Gasteiger partial charge in [0.2, 0.25) is 0 Å². The predicted octanol–water partition coefficient (Wildman–Crippen LogP) is 1.90. The minimum absolute atomic E-state index is 0.264. The Balaban J connectivity index is 3.09. The summed E-state index contributed by atoms with van der Waals surface area (Å²) in [4.78, 5) is 22.6. The van der Waals surface area contributed by atoms with Crippen molar-refractivity contribution in [3.63, 3.8) is 0 Å². The first-order valence-electron chi connectivity index (χ1n) is 5.23. The molecule has 1 rings (SSSR count). The van der Waals surface area contributed by atoms with Gasteiger partial charge < -0.3 is 14.8 Å². The first kappa shape index (κ1) is 15.0. The molecule has 0 saturated heterocycles. The lowest BCUT2D eigenvalue weighted by molar-refractivity contribution is -0.114. The number of carbonyl (C=O) groups excluding carboxylic acids is 2. The monoisotopic (exact) mass is 284 g/mol. The molecule has 6 nitrogen and oxygen atoms in total. The van der Waals surface area contributed by atoms with Gasteiger partial charge in [0.15, 0.2) is 11.5 Å². The first-order chi connectivity index (χ1) is 8.90. The van der Waals surface area contributed by atoms with Crippen molar-refractivity contribution in [1.29, 1.82) is 5.41 Å². The molecule has 0 saturated carbocycles. The lowest BCUT2D eigenvalue weighted by atomic mass is 10.2. The number of halogens is 1. The third-order valence-corrected chi connectivity index (χ3v) is 2.60. The van der Waals surface area contributed by atoms with Gasteiger partial charge in [0, 0.05) is 19.1 Å². The van der Waals surface area contributed by atoms with Crippen molar-refractivity contribution in [2.75, 3.05) is 19.5 Å². The molecule has 1 amide bonds. The number of amides is 1. The molecule has 0 heterocycles. The van der Waals surface area contributed by atoms with Gasteiger partial charge in [-0.05, 0) is 0 Å². The molecule has 0 spiro atoms. The van der Waals surface area contributed by atoms with Crippen LogP contribution in [0.1, 0.15) is 6.92 Å². The van der Waals surface area contributed by atoms with Crippen LogP contribution < -0.4 is 14.8 Å². The van der Waals surface area contributed by atoms with Gasteiger partial charge in [-0.3, -0.25) is 15.0 Å². The molecule has 19 heavy (non-hydrogen) atoms. The van der Waals surface area contributed by atoms with Crippen molar-refractivity contribution in [2.24, 2.45) is 0 Å². The van der Waals surface area contributed by atoms with E-state index in [1.165, 1.54) is 26.4 Å². The summed E-state index contributed by atoms with van der Waals surface area (Å²) in [5.41, 5.74) is -0.379. The molecule has 0 unspecified atom stereocenters. The van der Waals surface area contributed by atoms with Gasteiger partial charge in [-0.25, -0.2) is 0 Å². The molecule has 0 aromatic heterocycles. The number of hydrogen-bond acceptors (Lipinski definition) is 5. The van der Waals surface area contributed by atoms with Crippen LogP contribution >= 0.6 is 11.6 Å². The summed E-state index contributed by atoms with van der Waals surface area (Å²) in [5.74, 6) is -0.810. The molecule has 0 bridgehead atoms. The van der Waals surface area contributed by atoms with E-state index in [9.17, 15) is 9.59 Å². The maximum absolute atomic E-state index is 11.6. The quantitative estimate of drug-likeness (QED) is 0.638. The normalized spacial score (nSPS) is 9.68. The standard InChI is InChI=1S/C12H13ClN2O4/c1-6(16)11(14)12(17)15-8-5-9(18-2)7(13)4-10(8)19-3/h4-5,14H,1-3H3,(H,15,17). The van der Waals surface area contributed by atoms with E-state index in [2.05, 4.69) is 5.32 Å². The fraction of sp³-hybridized carbons (Fsp3) is 0.250. The van der Waals surface area contributed by atoms with Gasteiger partial charge in [-0.1, -0.05) is 11.6 Å². The zero-order valence-electron chi connectivity index (χ0n) is 10.7. The van der Waals surface area contributed by atoms with Crippen LogP contribution in [0, 0.1) is 5.41 Å². The Morgan fingerprint density at radius 3 is 2.26 bits per heavy atom. The van der Waals surface area contributed by atoms with Crippen molar-refractivity contribution in [3.05, 3.63) is 17.2 Å². The zero-order valence-corrected chi connectivity index (χ0v) is 11.4. The van der Waals surface area contributed by atoms with Crippen LogP contribution in [0.25, 0.3) is 0 Å². The maximum atomic E-state index is 11.6. The average molecular weight is 285 g/mol. The van der Waals surface area contributed by atoms with E-state index >= 15 is 0 Å². The maximum Gasteiger partial charge on any atom is 0.277 e. The van der Waals surface area contributed by atoms with E-state index in [1.54, 1.807) is 0 Å². The molecule has 7 heteroatoms. The largest absolute Gasteiger partial charge is 0.495 e. The number of ether oxygens (including phenoxy) is 2. The van der Waals surface area contributed by atoms with E-state index in [1.807, 2.05) is 0 Å². The number of anilines is 1. The summed E-state index contributed by atoms with van der Waals surface area (Å²) < 4.78 is 10.1. The zero-order chi connectivity index (χ0) is 14.6. The van der Waals surface area contributed by atoms with Gasteiger partial charge in [0.25, 0.3) is 5.91 Å². The Hall–Kier alpha value is -2.08. The Bertz CT molecular complexity index is 543. The van der Waals surface area contributed by atoms with Gasteiger partial charge in [0.1, 0.15) is 11.5 Å². The van der Waals surface area contributed by atoms with Crippen molar-refractivity contribution in [1.82, 2.24) is 0 Å². The third-order valence-electron chi connectivity index (χ3n) is 2.30. The smallest absolute Gasteiger partial charge is 0.277 e. The van der Waals surface area contributed by atoms with Gasteiger partial charge in [0.05, 0.1) is 24.9 Å². The Morgan fingerprint density at radius 1 is 1.21 bits per heavy atom. The molecule has 1 aromatic rings. The summed E-state index contributed by atoms with van der Waals surface area (Å²) in [5, 5.41) is 10.0. The van der Waals surface area contributed by atoms with Crippen LogP contribution in [0.2, 0.25) is 5.02 Å². The molecular formula is C12H13ClN2O4. The molecule has 0 radical (unpaired) electrons. The van der Waals surface area contributed by atoms with Crippen molar-refractivity contribution in [3.8, 4) is 11.5 Å². The summed E-state index contributed by atoms with van der Waals surface area (Å²) >= 11 is 5.92. The lowest BCUT2D eigenvalue weighted by Crippen LogP contribution is -2.27. The Kier molecular flexibility index (Phi) is 4.88. The van der Waals surface area contributed by atoms with Crippen LogP contribution in [-0.2, 0) is 9.59 Å². The van der Waals surface area contributed by atoms with Gasteiger partial charge >= 0.3 is 0 Å². The number of hydrogen-bond donors (Lipinski definition) is 2. The highest BCUT2D eigenvalue weighted by molar-refractivity contribution is 6.66. The van der Waals surface area contributed by atoms with Crippen LogP contribution in [0.5, 0.6) is 11.5 Å². The summed E-state index contributed by atoms with van der Waals surface area (Å²) in [6, 6.07) is 2.92. The highest BCUT2D eigenvalue weighted by atomic mass is 35.5. The molecule has 0 aliphatic heterocycles. The predicted molar refractivity (Wildman–Crippen MR) is 71.6 cm³/mol. The molecule has 2 N–H and O–H groups in total. The van der Waals surface area contributed by atoms with E-state index < -0.39 is 17.4 Å². The van der Waals surface area contributed by atoms with Gasteiger partial charge in [-0.15, -0.1) is 0 Å². The van der Waals surface area contributed by atoms with Crippen LogP contribution in [0.4, 0.5) is 5.69 Å². The van der Waals surface area contributed by atoms with E-state index in [-0.39, 0.29) is 5.69 Å². The Morgan fingerprint density at radius 2 is 1.79 bits per heavy atom. The van der Waals surface area contributed by atoms with Crippen LogP contribution in [0.15, 0.2) is 12.1 Å². The number of benzene rings is 1. The minimum Gasteiger partial charge on any atom is -0.495 e. The molecule has 0 atom stereocenters. The molecule has 1 aromatic carbocycles. The third kappa shape index (κ3) is 3.45. The number of ketones is 1. The van der Waals surface area contributed by atoms with Crippen molar-refractivity contribution >= 4 is 34.7 Å². The van der Waals surface area contributed by atoms with Crippen molar-refractivity contribution in [2.45, 2.75) is 6.92 Å². The van der Waals surface area contributed by atoms with Crippen LogP contribution in [0.3, 0.4) is 0 Å². The second-order valence-electron chi connectivity index (χ2n) is 3.57. The summed E-state index contributed by atoms with van der Waals surface area (Å²) in [7, 11) is 2.83. The number of carbonyl (C=O) groups is 2. The molecule has 0 aliphatic rings.